The smallest absolute Gasteiger partial charge is 0.223 e. The van der Waals surface area contributed by atoms with E-state index in [1.165, 1.54) is 32.1 Å². The summed E-state index contributed by atoms with van der Waals surface area (Å²) < 4.78 is 0. The Morgan fingerprint density at radius 2 is 1.83 bits per heavy atom. The van der Waals surface area contributed by atoms with Crippen molar-refractivity contribution in [2.75, 3.05) is 39.3 Å². The van der Waals surface area contributed by atoms with Crippen molar-refractivity contribution < 1.29 is 4.79 Å². The Morgan fingerprint density at radius 1 is 1.17 bits per heavy atom. The minimum absolute atomic E-state index is 0. The summed E-state index contributed by atoms with van der Waals surface area (Å²) in [6.07, 6.45) is 7.87. The molecule has 1 unspecified atom stereocenters. The number of carbonyl (C=O) groups is 1. The first-order chi connectivity index (χ1) is 10.7. The van der Waals surface area contributed by atoms with Crippen LogP contribution in [-0.4, -0.2) is 50.1 Å². The van der Waals surface area contributed by atoms with Gasteiger partial charge in [-0.1, -0.05) is 46.0 Å². The second-order valence-electron chi connectivity index (χ2n) is 7.47. The number of rotatable bonds is 7. The van der Waals surface area contributed by atoms with Crippen LogP contribution < -0.4 is 10.6 Å². The van der Waals surface area contributed by atoms with E-state index in [1.807, 2.05) is 0 Å². The lowest BCUT2D eigenvalue weighted by molar-refractivity contribution is -0.127. The fourth-order valence-corrected chi connectivity index (χ4v) is 3.87. The van der Waals surface area contributed by atoms with Crippen LogP contribution in [0.15, 0.2) is 0 Å². The monoisotopic (exact) mass is 345 g/mol. The first kappa shape index (κ1) is 20.7. The van der Waals surface area contributed by atoms with Crippen molar-refractivity contribution in [3.05, 3.63) is 0 Å². The van der Waals surface area contributed by atoms with Crippen molar-refractivity contribution in [2.45, 2.75) is 52.4 Å². The van der Waals surface area contributed by atoms with E-state index >= 15 is 0 Å². The van der Waals surface area contributed by atoms with Crippen molar-refractivity contribution >= 4 is 18.3 Å². The zero-order valence-corrected chi connectivity index (χ0v) is 15.8. The zero-order valence-electron chi connectivity index (χ0n) is 15.0. The first-order valence-electron chi connectivity index (χ1n) is 9.37. The van der Waals surface area contributed by atoms with Crippen LogP contribution in [0.1, 0.15) is 52.4 Å². The molecule has 1 amide bonds. The molecule has 1 heterocycles. The SMILES string of the molecule is CC(C)C(CC1CCCCC1)C(=O)NCCN1CCNCC1.Cl. The summed E-state index contributed by atoms with van der Waals surface area (Å²) in [6.45, 7) is 10.5. The molecule has 0 aromatic carbocycles. The molecule has 2 fully saturated rings. The minimum atomic E-state index is 0. The maximum atomic E-state index is 12.6. The number of nitrogens with one attached hydrogen (secondary N) is 2. The highest BCUT2D eigenvalue weighted by Crippen LogP contribution is 2.31. The third-order valence-corrected chi connectivity index (χ3v) is 5.39. The summed E-state index contributed by atoms with van der Waals surface area (Å²) in [5.74, 6) is 1.71. The van der Waals surface area contributed by atoms with E-state index in [4.69, 9.17) is 0 Å². The summed E-state index contributed by atoms with van der Waals surface area (Å²) in [4.78, 5) is 15.0. The lowest BCUT2D eigenvalue weighted by Gasteiger charge is -2.29. The summed E-state index contributed by atoms with van der Waals surface area (Å²) >= 11 is 0. The van der Waals surface area contributed by atoms with Gasteiger partial charge in [-0.15, -0.1) is 12.4 Å². The Morgan fingerprint density at radius 3 is 2.43 bits per heavy atom. The van der Waals surface area contributed by atoms with Crippen molar-refractivity contribution in [1.82, 2.24) is 15.5 Å². The maximum absolute atomic E-state index is 12.6. The van der Waals surface area contributed by atoms with Gasteiger partial charge in [0.1, 0.15) is 0 Å². The quantitative estimate of drug-likeness (QED) is 0.745. The standard InChI is InChI=1S/C18H35N3O.ClH/c1-15(2)17(14-16-6-4-3-5-7-16)18(22)20-10-13-21-11-8-19-9-12-21;/h15-17,19H,3-14H2,1-2H3,(H,20,22);1H. The molecule has 1 atom stereocenters. The van der Waals surface area contributed by atoms with Crippen molar-refractivity contribution in [3.63, 3.8) is 0 Å². The molecule has 2 N–H and O–H groups in total. The van der Waals surface area contributed by atoms with E-state index in [9.17, 15) is 4.79 Å². The topological polar surface area (TPSA) is 44.4 Å². The van der Waals surface area contributed by atoms with E-state index in [0.29, 0.717) is 5.92 Å². The van der Waals surface area contributed by atoms with Crippen LogP contribution in [0.25, 0.3) is 0 Å². The van der Waals surface area contributed by atoms with Gasteiger partial charge in [0.2, 0.25) is 5.91 Å². The van der Waals surface area contributed by atoms with Gasteiger partial charge in [0.05, 0.1) is 0 Å². The van der Waals surface area contributed by atoms with E-state index in [2.05, 4.69) is 29.4 Å². The van der Waals surface area contributed by atoms with Gasteiger partial charge in [0, 0.05) is 45.2 Å². The number of nitrogens with zero attached hydrogens (tertiary/aromatic N) is 1. The molecule has 1 aliphatic carbocycles. The molecule has 1 saturated carbocycles. The molecule has 2 aliphatic rings. The van der Waals surface area contributed by atoms with E-state index < -0.39 is 0 Å². The second-order valence-corrected chi connectivity index (χ2v) is 7.47. The predicted molar refractivity (Wildman–Crippen MR) is 99.1 cm³/mol. The molecule has 0 aromatic heterocycles. The number of hydrogen-bond donors (Lipinski definition) is 2. The number of carbonyl (C=O) groups excluding carboxylic acids is 1. The van der Waals surface area contributed by atoms with Crippen LogP contribution >= 0.6 is 12.4 Å². The van der Waals surface area contributed by atoms with Crippen LogP contribution in [-0.2, 0) is 4.79 Å². The number of piperazine rings is 1. The first-order valence-corrected chi connectivity index (χ1v) is 9.37. The Kier molecular flexibility index (Phi) is 10.2. The van der Waals surface area contributed by atoms with Gasteiger partial charge in [-0.2, -0.15) is 0 Å². The highest BCUT2D eigenvalue weighted by molar-refractivity contribution is 5.85. The molecule has 1 saturated heterocycles. The van der Waals surface area contributed by atoms with Gasteiger partial charge in [-0.05, 0) is 18.3 Å². The average molecular weight is 346 g/mol. The van der Waals surface area contributed by atoms with Crippen LogP contribution in [0.2, 0.25) is 0 Å². The normalized spacial score (nSPS) is 21.7. The Labute approximate surface area is 148 Å². The van der Waals surface area contributed by atoms with Crippen LogP contribution in [0.4, 0.5) is 0 Å². The summed E-state index contributed by atoms with van der Waals surface area (Å²) in [5, 5.41) is 6.56. The van der Waals surface area contributed by atoms with E-state index in [1.54, 1.807) is 0 Å². The van der Waals surface area contributed by atoms with Gasteiger partial charge in [0.25, 0.3) is 0 Å². The molecule has 1 aliphatic heterocycles. The lowest BCUT2D eigenvalue weighted by Crippen LogP contribution is -2.47. The summed E-state index contributed by atoms with van der Waals surface area (Å²) in [5.41, 5.74) is 0. The van der Waals surface area contributed by atoms with E-state index in [0.717, 1.165) is 51.6 Å². The largest absolute Gasteiger partial charge is 0.355 e. The molecule has 5 heteroatoms. The number of halogens is 1. The predicted octanol–water partition coefficient (Wildman–Crippen LogP) is 2.67. The molecular formula is C18H36ClN3O. The molecule has 0 aromatic rings. The highest BCUT2D eigenvalue weighted by Gasteiger charge is 2.26. The lowest BCUT2D eigenvalue weighted by atomic mass is 9.79. The Hall–Kier alpha value is -0.320. The van der Waals surface area contributed by atoms with E-state index in [-0.39, 0.29) is 24.2 Å². The Bertz CT molecular complexity index is 326. The van der Waals surface area contributed by atoms with Crippen LogP contribution in [0.3, 0.4) is 0 Å². The number of amides is 1. The minimum Gasteiger partial charge on any atom is -0.355 e. The van der Waals surface area contributed by atoms with Gasteiger partial charge < -0.3 is 10.6 Å². The van der Waals surface area contributed by atoms with Gasteiger partial charge in [-0.3, -0.25) is 9.69 Å². The molecule has 2 rings (SSSR count). The Balaban J connectivity index is 0.00000264. The second kappa shape index (κ2) is 11.3. The third-order valence-electron chi connectivity index (χ3n) is 5.39. The van der Waals surface area contributed by atoms with Crippen LogP contribution in [0.5, 0.6) is 0 Å². The third kappa shape index (κ3) is 7.40. The van der Waals surface area contributed by atoms with Gasteiger partial charge >= 0.3 is 0 Å². The number of hydrogen-bond acceptors (Lipinski definition) is 3. The molecule has 4 nitrogen and oxygen atoms in total. The van der Waals surface area contributed by atoms with Gasteiger partial charge in [0.15, 0.2) is 0 Å². The molecule has 0 bridgehead atoms. The van der Waals surface area contributed by atoms with Crippen molar-refractivity contribution in [1.29, 1.82) is 0 Å². The highest BCUT2D eigenvalue weighted by atomic mass is 35.5. The summed E-state index contributed by atoms with van der Waals surface area (Å²) in [7, 11) is 0. The van der Waals surface area contributed by atoms with Gasteiger partial charge in [-0.25, -0.2) is 0 Å². The molecule has 0 radical (unpaired) electrons. The maximum Gasteiger partial charge on any atom is 0.223 e. The average Bonchev–Trinajstić information content (AvgIpc) is 2.54. The fraction of sp³-hybridized carbons (Fsp3) is 0.944. The molecular weight excluding hydrogens is 310 g/mol. The molecule has 136 valence electrons. The fourth-order valence-electron chi connectivity index (χ4n) is 3.87. The molecule has 0 spiro atoms. The van der Waals surface area contributed by atoms with Crippen molar-refractivity contribution in [3.8, 4) is 0 Å². The summed E-state index contributed by atoms with van der Waals surface area (Å²) in [6, 6.07) is 0. The molecule has 23 heavy (non-hydrogen) atoms. The zero-order chi connectivity index (χ0) is 15.8. The van der Waals surface area contributed by atoms with Crippen molar-refractivity contribution in [2.24, 2.45) is 17.8 Å². The van der Waals surface area contributed by atoms with Crippen LogP contribution in [0, 0.1) is 17.8 Å².